The predicted octanol–water partition coefficient (Wildman–Crippen LogP) is 2.92. The van der Waals surface area contributed by atoms with E-state index < -0.39 is 0 Å². The number of aromatic nitrogens is 2. The molecule has 0 spiro atoms. The molecule has 2 N–H and O–H groups in total. The highest BCUT2D eigenvalue weighted by molar-refractivity contribution is 9.10. The van der Waals surface area contributed by atoms with Crippen LogP contribution in [0.1, 0.15) is 17.0 Å². The lowest BCUT2D eigenvalue weighted by Gasteiger charge is -2.09. The second-order valence-electron chi connectivity index (χ2n) is 4.64. The van der Waals surface area contributed by atoms with Crippen LogP contribution in [0.25, 0.3) is 0 Å². The maximum Gasteiger partial charge on any atom is 0.144 e. The van der Waals surface area contributed by atoms with Crippen LogP contribution < -0.4 is 10.6 Å². The van der Waals surface area contributed by atoms with Crippen LogP contribution >= 0.6 is 15.9 Å². The topological polar surface area (TPSA) is 49.8 Å². The van der Waals surface area contributed by atoms with Crippen LogP contribution in [0.5, 0.6) is 0 Å². The van der Waals surface area contributed by atoms with E-state index in [9.17, 15) is 0 Å². The van der Waals surface area contributed by atoms with Crippen molar-refractivity contribution in [1.29, 1.82) is 0 Å². The molecular formula is C15H19BrN4. The van der Waals surface area contributed by atoms with Gasteiger partial charge in [-0.15, -0.1) is 0 Å². The summed E-state index contributed by atoms with van der Waals surface area (Å²) < 4.78 is 1.12. The van der Waals surface area contributed by atoms with Gasteiger partial charge in [0.25, 0.3) is 0 Å². The molecule has 4 nitrogen and oxygen atoms in total. The summed E-state index contributed by atoms with van der Waals surface area (Å²) in [5.74, 6) is 1.68. The second-order valence-corrected chi connectivity index (χ2v) is 5.55. The largest absolute Gasteiger partial charge is 0.370 e. The van der Waals surface area contributed by atoms with Crippen LogP contribution in [0.4, 0.5) is 5.82 Å². The molecule has 0 aliphatic heterocycles. The fourth-order valence-corrected chi connectivity index (χ4v) is 2.38. The molecule has 20 heavy (non-hydrogen) atoms. The van der Waals surface area contributed by atoms with Gasteiger partial charge in [0.05, 0.1) is 6.54 Å². The number of halogens is 1. The van der Waals surface area contributed by atoms with Crippen LogP contribution in [0.2, 0.25) is 0 Å². The van der Waals surface area contributed by atoms with Crippen molar-refractivity contribution in [3.05, 3.63) is 51.9 Å². The Balaban J connectivity index is 1.92. The first-order chi connectivity index (χ1) is 9.69. The summed E-state index contributed by atoms with van der Waals surface area (Å²) >= 11 is 3.51. The molecule has 0 fully saturated rings. The zero-order chi connectivity index (χ0) is 14.4. The molecule has 0 aliphatic carbocycles. The quantitative estimate of drug-likeness (QED) is 0.852. The summed E-state index contributed by atoms with van der Waals surface area (Å²) in [4.78, 5) is 8.64. The highest BCUT2D eigenvalue weighted by Crippen LogP contribution is 2.16. The van der Waals surface area contributed by atoms with Crippen LogP contribution in [-0.4, -0.2) is 23.6 Å². The molecule has 1 aromatic carbocycles. The third-order valence-corrected chi connectivity index (χ3v) is 3.55. The molecule has 2 aromatic rings. The van der Waals surface area contributed by atoms with Crippen LogP contribution in [0.15, 0.2) is 34.9 Å². The van der Waals surface area contributed by atoms with E-state index in [1.165, 1.54) is 11.1 Å². The van der Waals surface area contributed by atoms with Gasteiger partial charge in [0, 0.05) is 17.2 Å². The number of anilines is 1. The Labute approximate surface area is 128 Å². The third kappa shape index (κ3) is 4.28. The smallest absolute Gasteiger partial charge is 0.144 e. The van der Waals surface area contributed by atoms with Gasteiger partial charge < -0.3 is 10.6 Å². The van der Waals surface area contributed by atoms with Gasteiger partial charge in [-0.3, -0.25) is 0 Å². The number of nitrogens with zero attached hydrogens (tertiary/aromatic N) is 2. The fraction of sp³-hybridized carbons (Fsp3) is 0.333. The van der Waals surface area contributed by atoms with Crippen molar-refractivity contribution in [2.45, 2.75) is 19.9 Å². The summed E-state index contributed by atoms with van der Waals surface area (Å²) in [6, 6.07) is 8.27. The summed E-state index contributed by atoms with van der Waals surface area (Å²) in [5, 5.41) is 6.39. The normalized spacial score (nSPS) is 10.6. The van der Waals surface area contributed by atoms with Crippen LogP contribution in [-0.2, 0) is 13.0 Å². The van der Waals surface area contributed by atoms with Gasteiger partial charge in [-0.05, 0) is 49.7 Å². The number of aryl methyl sites for hydroxylation is 1. The van der Waals surface area contributed by atoms with Gasteiger partial charge in [0.2, 0.25) is 0 Å². The number of hydrogen-bond donors (Lipinski definition) is 2. The van der Waals surface area contributed by atoms with Crippen LogP contribution in [0.3, 0.4) is 0 Å². The summed E-state index contributed by atoms with van der Waals surface area (Å²) in [5.41, 5.74) is 2.66. The maximum absolute atomic E-state index is 4.44. The highest BCUT2D eigenvalue weighted by atomic mass is 79.9. The van der Waals surface area contributed by atoms with E-state index in [0.29, 0.717) is 6.54 Å². The molecule has 0 saturated carbocycles. The van der Waals surface area contributed by atoms with Crippen molar-refractivity contribution >= 4 is 21.7 Å². The van der Waals surface area contributed by atoms with Crippen molar-refractivity contribution in [2.75, 3.05) is 18.9 Å². The van der Waals surface area contributed by atoms with Crippen molar-refractivity contribution < 1.29 is 0 Å². The summed E-state index contributed by atoms with van der Waals surface area (Å²) in [7, 11) is 1.89. The molecule has 0 radical (unpaired) electrons. The minimum atomic E-state index is 0.681. The third-order valence-electron chi connectivity index (χ3n) is 3.05. The lowest BCUT2D eigenvalue weighted by atomic mass is 10.1. The average molecular weight is 335 g/mol. The van der Waals surface area contributed by atoms with Crippen molar-refractivity contribution in [3.63, 3.8) is 0 Å². The maximum atomic E-state index is 4.44. The van der Waals surface area contributed by atoms with Gasteiger partial charge in [-0.2, -0.15) is 0 Å². The minimum Gasteiger partial charge on any atom is -0.370 e. The minimum absolute atomic E-state index is 0.681. The molecule has 0 bridgehead atoms. The molecule has 106 valence electrons. The van der Waals surface area contributed by atoms with E-state index >= 15 is 0 Å². The van der Waals surface area contributed by atoms with E-state index in [1.807, 2.05) is 13.1 Å². The van der Waals surface area contributed by atoms with Crippen molar-refractivity contribution in [1.82, 2.24) is 15.3 Å². The average Bonchev–Trinajstić information content (AvgIpc) is 2.43. The van der Waals surface area contributed by atoms with E-state index in [-0.39, 0.29) is 0 Å². The molecule has 0 aliphatic rings. The Kier molecular flexibility index (Phi) is 5.49. The second kappa shape index (κ2) is 7.36. The predicted molar refractivity (Wildman–Crippen MR) is 85.9 cm³/mol. The zero-order valence-electron chi connectivity index (χ0n) is 11.8. The molecule has 0 atom stereocenters. The van der Waals surface area contributed by atoms with Gasteiger partial charge in [-0.25, -0.2) is 9.97 Å². The standard InChI is InChI=1S/C15H19BrN4/c1-11-3-4-13(16)9-12(11)5-7-18-14-6-8-19-15(20-14)10-17-2/h3-4,6,8-9,17H,5,7,10H2,1-2H3,(H,18,19,20). The Hall–Kier alpha value is -1.46. The zero-order valence-corrected chi connectivity index (χ0v) is 13.4. The summed E-state index contributed by atoms with van der Waals surface area (Å²) in [6.07, 6.45) is 2.75. The number of benzene rings is 1. The molecule has 1 aromatic heterocycles. The number of rotatable bonds is 6. The van der Waals surface area contributed by atoms with Gasteiger partial charge in [0.15, 0.2) is 0 Å². The Bertz CT molecular complexity index is 572. The molecular weight excluding hydrogens is 316 g/mol. The molecule has 2 rings (SSSR count). The lowest BCUT2D eigenvalue weighted by molar-refractivity contribution is 0.758. The molecule has 0 unspecified atom stereocenters. The number of nitrogens with one attached hydrogen (secondary N) is 2. The summed E-state index contributed by atoms with van der Waals surface area (Å²) in [6.45, 7) is 3.67. The Morgan fingerprint density at radius 3 is 2.90 bits per heavy atom. The lowest BCUT2D eigenvalue weighted by Crippen LogP contribution is -2.12. The van der Waals surface area contributed by atoms with Crippen LogP contribution in [0, 0.1) is 6.92 Å². The fourth-order valence-electron chi connectivity index (χ4n) is 1.98. The monoisotopic (exact) mass is 334 g/mol. The SMILES string of the molecule is CNCc1nccc(NCCc2cc(Br)ccc2C)n1. The van der Waals surface area contributed by atoms with Crippen molar-refractivity contribution in [2.24, 2.45) is 0 Å². The molecule has 0 saturated heterocycles. The van der Waals surface area contributed by atoms with Gasteiger partial charge in [-0.1, -0.05) is 22.0 Å². The van der Waals surface area contributed by atoms with E-state index in [2.05, 4.69) is 61.7 Å². The molecule has 1 heterocycles. The first-order valence-electron chi connectivity index (χ1n) is 6.64. The Morgan fingerprint density at radius 1 is 1.25 bits per heavy atom. The van der Waals surface area contributed by atoms with Gasteiger partial charge >= 0.3 is 0 Å². The van der Waals surface area contributed by atoms with E-state index in [0.717, 1.165) is 29.1 Å². The highest BCUT2D eigenvalue weighted by Gasteiger charge is 2.01. The first-order valence-corrected chi connectivity index (χ1v) is 7.44. The van der Waals surface area contributed by atoms with Crippen molar-refractivity contribution in [3.8, 4) is 0 Å². The molecule has 5 heteroatoms. The van der Waals surface area contributed by atoms with E-state index in [1.54, 1.807) is 6.20 Å². The van der Waals surface area contributed by atoms with E-state index in [4.69, 9.17) is 0 Å². The molecule has 0 amide bonds. The Morgan fingerprint density at radius 2 is 2.10 bits per heavy atom. The number of hydrogen-bond acceptors (Lipinski definition) is 4. The van der Waals surface area contributed by atoms with Gasteiger partial charge in [0.1, 0.15) is 11.6 Å². The first kappa shape index (κ1) is 14.9.